The van der Waals surface area contributed by atoms with Gasteiger partial charge in [0.25, 0.3) is 10.1 Å². The molecule has 1 unspecified atom stereocenters. The van der Waals surface area contributed by atoms with Crippen molar-refractivity contribution in [3.63, 3.8) is 0 Å². The maximum atomic E-state index is 13.6. The van der Waals surface area contributed by atoms with Crippen molar-refractivity contribution in [3.05, 3.63) is 154 Å². The molecule has 0 fully saturated rings. The van der Waals surface area contributed by atoms with Crippen molar-refractivity contribution in [2.75, 3.05) is 25.1 Å². The Morgan fingerprint density at radius 1 is 0.855 bits per heavy atom. The first-order valence-electron chi connectivity index (χ1n) is 22.7. The van der Waals surface area contributed by atoms with E-state index in [2.05, 4.69) is 112 Å². The molecule has 69 heavy (non-hydrogen) atoms. The summed E-state index contributed by atoms with van der Waals surface area (Å²) in [4.78, 5) is 29.7. The number of ether oxygens (including phenoxy) is 1. The van der Waals surface area contributed by atoms with Crippen LogP contribution in [0.5, 0.6) is 0 Å². The van der Waals surface area contributed by atoms with Gasteiger partial charge in [-0.05, 0) is 153 Å². The van der Waals surface area contributed by atoms with Crippen molar-refractivity contribution in [2.24, 2.45) is 11.3 Å². The molecule has 2 heterocycles. The Hall–Kier alpha value is -6.13. The molecule has 1 atom stereocenters. The number of fused-ring (bicyclic) bond motifs is 6. The Kier molecular flexibility index (Phi) is 14.2. The lowest BCUT2D eigenvalue weighted by atomic mass is 9.69. The molecule has 1 aliphatic carbocycles. The molecule has 2 N–H and O–H groups in total. The number of benzene rings is 5. The van der Waals surface area contributed by atoms with Gasteiger partial charge in [0.1, 0.15) is 6.54 Å². The zero-order valence-corrected chi connectivity index (χ0v) is 42.6. The third-order valence-electron chi connectivity index (χ3n) is 14.0. The van der Waals surface area contributed by atoms with E-state index in [1.165, 1.54) is 47.0 Å². The van der Waals surface area contributed by atoms with Gasteiger partial charge >= 0.3 is 22.5 Å². The maximum Gasteiger partial charge on any atom is 0.425 e. The number of carbonyl (C=O) groups excluding carboxylic acids is 1. The molecule has 0 saturated heterocycles. The lowest BCUT2D eigenvalue weighted by Crippen LogP contribution is -2.36. The summed E-state index contributed by atoms with van der Waals surface area (Å²) < 4.78 is 67.1. The van der Waals surface area contributed by atoms with Crippen LogP contribution in [-0.4, -0.2) is 73.1 Å². The van der Waals surface area contributed by atoms with Gasteiger partial charge in [-0.15, -0.1) is 12.6 Å². The van der Waals surface area contributed by atoms with E-state index in [-0.39, 0.29) is 27.8 Å². The summed E-state index contributed by atoms with van der Waals surface area (Å²) in [7, 11) is -6.05. The highest BCUT2D eigenvalue weighted by Gasteiger charge is 2.46. The predicted molar refractivity (Wildman–Crippen MR) is 272 cm³/mol. The first-order valence-corrected chi connectivity index (χ1v) is 25.9. The van der Waals surface area contributed by atoms with Crippen molar-refractivity contribution in [1.29, 1.82) is 0 Å². The smallest absolute Gasteiger partial charge is 0.425 e. The fourth-order valence-corrected chi connectivity index (χ4v) is 12.0. The van der Waals surface area contributed by atoms with E-state index in [0.717, 1.165) is 55.2 Å². The monoisotopic (exact) mass is 989 g/mol. The fourth-order valence-electron chi connectivity index (χ4n) is 10.4. The number of aromatic carboxylic acids is 1. The number of carboxylic acids is 1. The number of hydrogen-bond acceptors (Lipinski definition) is 10. The zero-order chi connectivity index (χ0) is 50.4. The van der Waals surface area contributed by atoms with Gasteiger partial charge in [0, 0.05) is 50.9 Å². The Labute approximate surface area is 409 Å². The molecule has 0 radical (unpaired) electrons. The van der Waals surface area contributed by atoms with Crippen molar-refractivity contribution in [2.45, 2.75) is 88.9 Å². The highest BCUT2D eigenvalue weighted by atomic mass is 32.2. The van der Waals surface area contributed by atoms with Crippen LogP contribution < -0.4 is 4.90 Å². The molecule has 5 aromatic rings. The summed E-state index contributed by atoms with van der Waals surface area (Å²) in [5, 5.41) is 13.8. The Bertz CT molecular complexity index is 3320. The summed E-state index contributed by atoms with van der Waals surface area (Å²) in [6.07, 6.45) is 10.1. The topological polar surface area (TPSA) is 175 Å². The molecule has 360 valence electrons. The standard InChI is InChI=1S/C54H56N2O7S2.O3S/c1-10-55-43-26-18-33-14-12-13-15-41(33)47(43)53(5,6)45(55)28-20-36-30-38(52(3,4)51(59)63-9)31-37(49(36)64-39-22-16-34(17-23-39)50(57)58)21-29-46-54(7,8)48-42-25-24-40(65(60,61)62)32-35(42)19-27-44(48)56(46)11-2;1-4(2)3/h12-29,32,38H,10-11,30-31H2,1-9H3,(H-,57,58,60,61,62);/p+1. The second kappa shape index (κ2) is 19.3. The number of hydrogen-bond donors (Lipinski definition) is 2. The SMILES string of the molecule is CCN1/C(=C/C=C2\CC(C(C)(C)C(=O)OC)CC(/C=C/C3=[N+](CC)c4ccc5cc(S(=O)(=O)O)ccc5c4C3(C)C)=C2Sc2ccc(C(=O)O)cc2)C(C)(C)c2c1ccc1ccccc21.O=S(=O)=O. The highest BCUT2D eigenvalue weighted by molar-refractivity contribution is 8.03. The molecule has 0 spiro atoms. The molecule has 2 aliphatic heterocycles. The molecule has 12 nitrogen and oxygen atoms in total. The molecule has 0 aromatic heterocycles. The van der Waals surface area contributed by atoms with Crippen LogP contribution >= 0.6 is 11.8 Å². The van der Waals surface area contributed by atoms with Crippen LogP contribution in [-0.2, 0) is 41.1 Å². The highest BCUT2D eigenvalue weighted by Crippen LogP contribution is 2.53. The normalized spacial score (nSPS) is 18.8. The molecule has 15 heteroatoms. The third-order valence-corrected chi connectivity index (χ3v) is 16.0. The molecule has 5 aromatic carbocycles. The van der Waals surface area contributed by atoms with Gasteiger partial charge in [0.2, 0.25) is 5.69 Å². The molecule has 0 bridgehead atoms. The Morgan fingerprint density at radius 2 is 1.51 bits per heavy atom. The molecule has 8 rings (SSSR count). The number of anilines is 1. The van der Waals surface area contributed by atoms with Gasteiger partial charge in [0.15, 0.2) is 5.71 Å². The molecular weight excluding hydrogens is 933 g/mol. The van der Waals surface area contributed by atoms with E-state index in [9.17, 15) is 27.7 Å². The third kappa shape index (κ3) is 9.62. The van der Waals surface area contributed by atoms with Crippen molar-refractivity contribution < 1.29 is 49.6 Å². The summed E-state index contributed by atoms with van der Waals surface area (Å²) in [5.74, 6) is -1.39. The van der Waals surface area contributed by atoms with Crippen LogP contribution in [0.15, 0.2) is 147 Å². The first kappa shape index (κ1) is 50.7. The number of thioether (sulfide) groups is 1. The van der Waals surface area contributed by atoms with E-state index in [4.69, 9.17) is 17.4 Å². The van der Waals surface area contributed by atoms with Crippen molar-refractivity contribution in [1.82, 2.24) is 0 Å². The van der Waals surface area contributed by atoms with Crippen LogP contribution in [0.25, 0.3) is 21.5 Å². The summed E-state index contributed by atoms with van der Waals surface area (Å²) in [6.45, 7) is 18.6. The van der Waals surface area contributed by atoms with Gasteiger partial charge in [0.05, 0.1) is 28.4 Å². The lowest BCUT2D eigenvalue weighted by molar-refractivity contribution is -0.433. The fraction of sp³-hybridized carbons (Fsp3) is 0.315. The summed E-state index contributed by atoms with van der Waals surface area (Å²) >= 11 is 1.60. The average molecular weight is 990 g/mol. The number of carboxylic acid groups (broad SMARTS) is 1. The van der Waals surface area contributed by atoms with Crippen LogP contribution in [0.3, 0.4) is 0 Å². The van der Waals surface area contributed by atoms with E-state index < -0.39 is 37.5 Å². The van der Waals surface area contributed by atoms with E-state index in [0.29, 0.717) is 19.4 Å². The minimum Gasteiger partial charge on any atom is -0.478 e. The van der Waals surface area contributed by atoms with E-state index >= 15 is 0 Å². The molecular formula is C54H57N2O10S3+. The molecule has 3 aliphatic rings. The van der Waals surface area contributed by atoms with Gasteiger partial charge in [-0.3, -0.25) is 9.35 Å². The summed E-state index contributed by atoms with van der Waals surface area (Å²) in [5.41, 5.74) is 7.48. The lowest BCUT2D eigenvalue weighted by Gasteiger charge is -2.37. The van der Waals surface area contributed by atoms with Crippen molar-refractivity contribution >= 4 is 83.1 Å². The predicted octanol–water partition coefficient (Wildman–Crippen LogP) is 11.2. The van der Waals surface area contributed by atoms with Crippen LogP contribution in [0, 0.1) is 11.3 Å². The number of esters is 1. The maximum absolute atomic E-state index is 13.6. The Balaban J connectivity index is 0.00000169. The van der Waals surface area contributed by atoms with Gasteiger partial charge in [-0.25, -0.2) is 4.79 Å². The van der Waals surface area contributed by atoms with Gasteiger partial charge in [-0.2, -0.15) is 13.0 Å². The largest absolute Gasteiger partial charge is 0.478 e. The van der Waals surface area contributed by atoms with Crippen molar-refractivity contribution in [3.8, 4) is 0 Å². The van der Waals surface area contributed by atoms with Crippen LogP contribution in [0.4, 0.5) is 11.4 Å². The minimum atomic E-state index is -4.38. The Morgan fingerprint density at radius 3 is 2.13 bits per heavy atom. The number of nitrogens with zero attached hydrogens (tertiary/aromatic N) is 2. The minimum absolute atomic E-state index is 0.125. The molecule has 0 saturated carbocycles. The molecule has 0 amide bonds. The second-order valence-electron chi connectivity index (χ2n) is 19.0. The van der Waals surface area contributed by atoms with E-state index in [1.54, 1.807) is 30.0 Å². The zero-order valence-electron chi connectivity index (χ0n) is 40.2. The quantitative estimate of drug-likeness (QED) is 0.0729. The van der Waals surface area contributed by atoms with Gasteiger partial charge in [-0.1, -0.05) is 74.2 Å². The first-order chi connectivity index (χ1) is 32.5. The number of methoxy groups -OCH3 is 1. The average Bonchev–Trinajstić information content (AvgIpc) is 3.67. The second-order valence-corrected chi connectivity index (χ2v) is 21.9. The van der Waals surface area contributed by atoms with Crippen LogP contribution in [0.1, 0.15) is 89.7 Å². The number of allylic oxidation sites excluding steroid dienone is 7. The summed E-state index contributed by atoms with van der Waals surface area (Å²) in [6, 6.07) is 28.6. The van der Waals surface area contributed by atoms with E-state index in [1.807, 2.05) is 38.1 Å². The van der Waals surface area contributed by atoms with Crippen LogP contribution in [0.2, 0.25) is 0 Å². The number of likely N-dealkylation sites (N-methyl/N-ethyl adjacent to an activating group) is 1. The van der Waals surface area contributed by atoms with Gasteiger partial charge < -0.3 is 14.7 Å². The number of carbonyl (C=O) groups is 2. The number of rotatable bonds is 11.